The maximum atomic E-state index is 12.1. The number of carbonyl (C=O) groups is 1. The second-order valence-electron chi connectivity index (χ2n) is 5.27. The van der Waals surface area contributed by atoms with Gasteiger partial charge >= 0.3 is 6.03 Å². The molecule has 2 heterocycles. The van der Waals surface area contributed by atoms with Crippen molar-refractivity contribution in [2.75, 3.05) is 37.8 Å². The molecule has 2 saturated heterocycles. The van der Waals surface area contributed by atoms with E-state index in [2.05, 4.69) is 5.32 Å². The van der Waals surface area contributed by atoms with Crippen LogP contribution in [0.4, 0.5) is 4.79 Å². The average molecular weight is 324 g/mol. The zero-order chi connectivity index (χ0) is 14.6. The first-order chi connectivity index (χ1) is 9.54. The summed E-state index contributed by atoms with van der Waals surface area (Å²) in [5, 5.41) is 2.79. The van der Waals surface area contributed by atoms with Crippen LogP contribution in [0, 0.1) is 0 Å². The smallest absolute Gasteiger partial charge is 0.317 e. The van der Waals surface area contributed by atoms with Gasteiger partial charge in [0.2, 0.25) is 10.0 Å². The van der Waals surface area contributed by atoms with Crippen LogP contribution < -0.4 is 5.32 Å². The van der Waals surface area contributed by atoms with E-state index >= 15 is 0 Å². The Hall–Kier alpha value is -0.530. The molecule has 0 aromatic heterocycles. The monoisotopic (exact) mass is 323 g/mol. The minimum absolute atomic E-state index is 0.0200. The maximum absolute atomic E-state index is 12.1. The highest BCUT2D eigenvalue weighted by Crippen LogP contribution is 2.21. The third kappa shape index (κ3) is 3.77. The molecule has 0 aromatic carbocycles. The minimum atomic E-state index is -3.16. The van der Waals surface area contributed by atoms with Crippen molar-refractivity contribution in [3.8, 4) is 0 Å². The van der Waals surface area contributed by atoms with Gasteiger partial charge in [-0.15, -0.1) is 11.6 Å². The molecule has 0 aromatic rings. The van der Waals surface area contributed by atoms with E-state index in [4.69, 9.17) is 11.6 Å². The van der Waals surface area contributed by atoms with E-state index in [1.807, 2.05) is 4.90 Å². The Kier molecular flexibility index (Phi) is 5.51. The number of alkyl halides is 1. The lowest BCUT2D eigenvalue weighted by molar-refractivity contribution is 0.167. The number of carbonyl (C=O) groups excluding carboxylic acids is 1. The summed E-state index contributed by atoms with van der Waals surface area (Å²) >= 11 is 5.57. The van der Waals surface area contributed by atoms with Crippen LogP contribution >= 0.6 is 11.6 Å². The first-order valence-corrected chi connectivity index (χ1v) is 9.27. The van der Waals surface area contributed by atoms with Crippen LogP contribution in [0.3, 0.4) is 0 Å². The second kappa shape index (κ2) is 6.95. The first kappa shape index (κ1) is 15.9. The van der Waals surface area contributed by atoms with Gasteiger partial charge in [-0.25, -0.2) is 17.5 Å². The predicted molar refractivity (Wildman–Crippen MR) is 78.4 cm³/mol. The molecule has 0 saturated carbocycles. The van der Waals surface area contributed by atoms with Gasteiger partial charge in [-0.3, -0.25) is 0 Å². The minimum Gasteiger partial charge on any atom is -0.336 e. The van der Waals surface area contributed by atoms with Gasteiger partial charge in [0.1, 0.15) is 0 Å². The lowest BCUT2D eigenvalue weighted by Crippen LogP contribution is -2.48. The van der Waals surface area contributed by atoms with Crippen LogP contribution in [0.1, 0.15) is 25.7 Å². The molecule has 0 atom stereocenters. The number of amides is 2. The molecule has 0 aliphatic carbocycles. The molecule has 0 bridgehead atoms. The summed E-state index contributed by atoms with van der Waals surface area (Å²) in [4.78, 5) is 13.4. The Morgan fingerprint density at radius 1 is 1.20 bits per heavy atom. The highest BCUT2D eigenvalue weighted by atomic mass is 35.5. The Morgan fingerprint density at radius 2 is 1.90 bits per heavy atom. The van der Waals surface area contributed by atoms with Crippen molar-refractivity contribution >= 4 is 27.7 Å². The molecular weight excluding hydrogens is 302 g/mol. The van der Waals surface area contributed by atoms with Crippen LogP contribution in [0.25, 0.3) is 0 Å². The largest absolute Gasteiger partial charge is 0.336 e. The van der Waals surface area contributed by atoms with Crippen LogP contribution in [0.2, 0.25) is 0 Å². The lowest BCUT2D eigenvalue weighted by Gasteiger charge is -2.35. The second-order valence-corrected chi connectivity index (χ2v) is 7.73. The number of unbranched alkanes of at least 4 members (excludes halogenated alkanes) is 1. The van der Waals surface area contributed by atoms with E-state index in [9.17, 15) is 13.2 Å². The van der Waals surface area contributed by atoms with Crippen LogP contribution in [0.5, 0.6) is 0 Å². The summed E-state index contributed by atoms with van der Waals surface area (Å²) in [6.07, 6.45) is 2.79. The third-order valence-electron chi connectivity index (χ3n) is 3.93. The fraction of sp³-hybridized carbons (Fsp3) is 0.917. The fourth-order valence-electron chi connectivity index (χ4n) is 2.77. The van der Waals surface area contributed by atoms with Crippen LogP contribution in [-0.4, -0.2) is 67.5 Å². The Morgan fingerprint density at radius 3 is 2.45 bits per heavy atom. The van der Waals surface area contributed by atoms with Gasteiger partial charge in [-0.1, -0.05) is 0 Å². The molecule has 0 spiro atoms. The lowest BCUT2D eigenvalue weighted by atomic mass is 10.1. The van der Waals surface area contributed by atoms with Crippen molar-refractivity contribution in [1.82, 2.24) is 14.5 Å². The van der Waals surface area contributed by atoms with E-state index in [-0.39, 0.29) is 17.8 Å². The Labute approximate surface area is 125 Å². The third-order valence-corrected chi connectivity index (χ3v) is 6.16. The topological polar surface area (TPSA) is 69.7 Å². The average Bonchev–Trinajstić information content (AvgIpc) is 2.85. The molecule has 8 heteroatoms. The first-order valence-electron chi connectivity index (χ1n) is 7.13. The Bertz CT molecular complexity index is 435. The maximum Gasteiger partial charge on any atom is 0.317 e. The number of nitrogens with one attached hydrogen (secondary N) is 1. The molecule has 20 heavy (non-hydrogen) atoms. The quantitative estimate of drug-likeness (QED) is 0.581. The molecule has 0 unspecified atom stereocenters. The molecule has 2 aliphatic heterocycles. The highest BCUT2D eigenvalue weighted by Gasteiger charge is 2.33. The number of rotatable bonds is 6. The molecule has 116 valence electrons. The zero-order valence-electron chi connectivity index (χ0n) is 11.6. The molecular formula is C12H22ClN3O3S. The molecule has 0 radical (unpaired) electrons. The van der Waals surface area contributed by atoms with Gasteiger partial charge in [0.25, 0.3) is 0 Å². The van der Waals surface area contributed by atoms with E-state index in [0.29, 0.717) is 31.9 Å². The van der Waals surface area contributed by atoms with Crippen LogP contribution in [-0.2, 0) is 10.0 Å². The predicted octanol–water partition coefficient (Wildman–Crippen LogP) is 0.825. The molecule has 2 amide bonds. The van der Waals surface area contributed by atoms with Gasteiger partial charge in [-0.2, -0.15) is 0 Å². The number of hydrogen-bond donors (Lipinski definition) is 1. The van der Waals surface area contributed by atoms with Gasteiger partial charge in [-0.05, 0) is 25.7 Å². The molecule has 6 nitrogen and oxygen atoms in total. The van der Waals surface area contributed by atoms with Crippen molar-refractivity contribution in [3.05, 3.63) is 0 Å². The molecule has 1 N–H and O–H groups in total. The highest BCUT2D eigenvalue weighted by molar-refractivity contribution is 7.89. The normalized spacial score (nSPS) is 22.2. The van der Waals surface area contributed by atoms with E-state index in [0.717, 1.165) is 25.8 Å². The van der Waals surface area contributed by atoms with Gasteiger partial charge in [0.15, 0.2) is 0 Å². The summed E-state index contributed by atoms with van der Waals surface area (Å²) in [5.41, 5.74) is 0. The van der Waals surface area contributed by atoms with Gasteiger partial charge in [0.05, 0.1) is 5.75 Å². The molecule has 2 fully saturated rings. The number of hydrogen-bond acceptors (Lipinski definition) is 3. The van der Waals surface area contributed by atoms with Crippen LogP contribution in [0.15, 0.2) is 0 Å². The summed E-state index contributed by atoms with van der Waals surface area (Å²) < 4.78 is 25.8. The van der Waals surface area contributed by atoms with Gasteiger partial charge in [0, 0.05) is 38.1 Å². The summed E-state index contributed by atoms with van der Waals surface area (Å²) in [5.74, 6) is 0.677. The summed E-state index contributed by atoms with van der Waals surface area (Å²) in [6.45, 7) is 2.44. The van der Waals surface area contributed by atoms with Gasteiger partial charge < -0.3 is 10.2 Å². The number of halogens is 1. The number of sulfonamides is 1. The number of piperidine rings is 1. The SMILES string of the molecule is O=C1NCCN1C1CCN(S(=O)(=O)CCCCCl)CC1. The summed E-state index contributed by atoms with van der Waals surface area (Å²) in [6, 6.07) is 0.153. The molecule has 2 aliphatic rings. The van der Waals surface area contributed by atoms with Crippen molar-refractivity contribution in [1.29, 1.82) is 0 Å². The van der Waals surface area contributed by atoms with Crippen molar-refractivity contribution in [3.63, 3.8) is 0 Å². The Balaban J connectivity index is 1.82. The van der Waals surface area contributed by atoms with E-state index in [1.165, 1.54) is 0 Å². The van der Waals surface area contributed by atoms with Crippen molar-refractivity contribution < 1.29 is 13.2 Å². The zero-order valence-corrected chi connectivity index (χ0v) is 13.1. The van der Waals surface area contributed by atoms with Crippen molar-refractivity contribution in [2.24, 2.45) is 0 Å². The number of nitrogens with zero attached hydrogens (tertiary/aromatic N) is 2. The van der Waals surface area contributed by atoms with E-state index < -0.39 is 10.0 Å². The standard InChI is InChI=1S/C12H22ClN3O3S/c13-5-1-2-10-20(18,19)15-7-3-11(4-8-15)16-9-6-14-12(16)17/h11H,1-10H2,(H,14,17). The fourth-order valence-corrected chi connectivity index (χ4v) is 4.56. The number of urea groups is 1. The van der Waals surface area contributed by atoms with E-state index in [1.54, 1.807) is 4.31 Å². The van der Waals surface area contributed by atoms with Crippen molar-refractivity contribution in [2.45, 2.75) is 31.7 Å². The summed E-state index contributed by atoms with van der Waals surface area (Å²) in [7, 11) is -3.16. The molecule has 2 rings (SSSR count).